The zero-order chi connectivity index (χ0) is 109. The van der Waals surface area contributed by atoms with E-state index in [2.05, 4.69) is 113 Å². The number of esters is 9. The maximum absolute atomic E-state index is 12.7. The molecule has 2 aromatic carbocycles. The van der Waals surface area contributed by atoms with E-state index in [0.29, 0.717) is 94.1 Å². The summed E-state index contributed by atoms with van der Waals surface area (Å²) >= 11 is 0. The molecule has 0 saturated carbocycles. The lowest BCUT2D eigenvalue weighted by atomic mass is 10.1. The minimum Gasteiger partial charge on any atom is -0.494 e. The van der Waals surface area contributed by atoms with Crippen molar-refractivity contribution in [3.8, 4) is 11.5 Å². The van der Waals surface area contributed by atoms with E-state index in [4.69, 9.17) is 78.0 Å². The molecule has 2 aromatic rings. The van der Waals surface area contributed by atoms with Gasteiger partial charge in [-0.05, 0) is 122 Å². The van der Waals surface area contributed by atoms with Gasteiger partial charge < -0.3 is 112 Å². The molecule has 1 heterocycles. The Bertz CT molecular complexity index is 4520. The molecule has 46 nitrogen and oxygen atoms in total. The number of alkyl halides is 8. The number of hydrogen-bond acceptors (Lipinski definition) is 34. The lowest BCUT2D eigenvalue weighted by Gasteiger charge is -2.31. The smallest absolute Gasteiger partial charge is 0.469 e. The molecule has 1 amide bonds. The van der Waals surface area contributed by atoms with E-state index in [1.165, 1.54) is 65.0 Å². The van der Waals surface area contributed by atoms with Gasteiger partial charge in [0, 0.05) is 59.2 Å². The number of aromatic carboxylic acids is 2. The summed E-state index contributed by atoms with van der Waals surface area (Å²) in [6, 6.07) is 12.4. The van der Waals surface area contributed by atoms with Crippen molar-refractivity contribution in [3.05, 3.63) is 183 Å². The Labute approximate surface area is 791 Å². The van der Waals surface area contributed by atoms with E-state index >= 15 is 0 Å². The minimum atomic E-state index is -6.38. The molecule has 788 valence electrons. The van der Waals surface area contributed by atoms with Gasteiger partial charge in [-0.15, -0.1) is 0 Å². The molecular weight excluding hydrogens is 1980 g/mol. The highest BCUT2D eigenvalue weighted by Gasteiger charge is 2.75. The van der Waals surface area contributed by atoms with Crippen LogP contribution in [0.3, 0.4) is 0 Å². The van der Waals surface area contributed by atoms with E-state index < -0.39 is 142 Å². The summed E-state index contributed by atoms with van der Waals surface area (Å²) in [5.74, 6) is -27.1. The Morgan fingerprint density at radius 1 is 0.446 bits per heavy atom. The minimum absolute atomic E-state index is 0.00306. The van der Waals surface area contributed by atoms with E-state index in [1.807, 2.05) is 0 Å². The van der Waals surface area contributed by atoms with Crippen LogP contribution in [-0.4, -0.2) is 294 Å². The van der Waals surface area contributed by atoms with Crippen molar-refractivity contribution in [2.75, 3.05) is 112 Å². The third-order valence-electron chi connectivity index (χ3n) is 13.4. The van der Waals surface area contributed by atoms with Crippen LogP contribution in [0.1, 0.15) is 107 Å². The predicted octanol–water partition coefficient (Wildman–Crippen LogP) is 9.61. The fourth-order valence-corrected chi connectivity index (χ4v) is 7.86. The molecule has 0 spiro atoms. The van der Waals surface area contributed by atoms with Crippen molar-refractivity contribution < 1.29 is 249 Å². The molecule has 0 aromatic heterocycles. The SMILES string of the molecule is C=C(C)C(=O)OCC(C)OP(=O)(O)O.C=C(C)C(=O)OCCCCOc1ccc(C(=O)O)cc1.C=C(C)C(=O)OCCOC(=O)CCC(=O)O.C=C(C)C(=O)OCCOP(=O)(O)O.C=C(C)C(=O)OCCOP(=O)(O)O.C=CC(=O)N1CCOCC1.C=CC(=O)OCC(F)(F)C(F)(F)C(F)(F)C(F)F.C=CC(=O)OCCC(=O)O.C=CC(=O)OCCCCOc1ccc(C(=O)O)cc1.C=CS(=O)(=O)O. The van der Waals surface area contributed by atoms with Gasteiger partial charge in [-0.3, -0.25) is 37.3 Å². The Morgan fingerprint density at radius 3 is 1.07 bits per heavy atom. The molecule has 139 heavy (non-hydrogen) atoms. The van der Waals surface area contributed by atoms with Crippen LogP contribution < -0.4 is 9.47 Å². The maximum Gasteiger partial charge on any atom is 0.469 e. The number of unbranched alkanes of at least 4 members (excludes halogenated alkanes) is 2. The van der Waals surface area contributed by atoms with Gasteiger partial charge >= 0.3 is 125 Å². The van der Waals surface area contributed by atoms with Gasteiger partial charge in [0.2, 0.25) is 5.91 Å². The lowest BCUT2D eigenvalue weighted by molar-refractivity contribution is -0.344. The van der Waals surface area contributed by atoms with E-state index in [1.54, 1.807) is 36.1 Å². The number of halogens is 8. The van der Waals surface area contributed by atoms with Gasteiger partial charge in [-0.2, -0.15) is 34.8 Å². The normalized spacial score (nSPS) is 11.4. The number of carboxylic acid groups (broad SMARTS) is 4. The Hall–Kier alpha value is -12.3. The van der Waals surface area contributed by atoms with Crippen LogP contribution in [0.4, 0.5) is 35.1 Å². The topological polar surface area (TPSA) is 689 Å². The fourth-order valence-electron chi connectivity index (χ4n) is 6.70. The van der Waals surface area contributed by atoms with Crippen LogP contribution in [0.2, 0.25) is 0 Å². The third-order valence-corrected chi connectivity index (χ3v) is 15.5. The van der Waals surface area contributed by atoms with Gasteiger partial charge in [-0.1, -0.05) is 65.8 Å². The second-order valence-electron chi connectivity index (χ2n) is 25.7. The number of amides is 1. The number of phosphoric acid groups is 3. The molecule has 0 aliphatic carbocycles. The number of hydrogen-bond donors (Lipinski definition) is 11. The van der Waals surface area contributed by atoms with E-state index in [-0.39, 0.29) is 117 Å². The Balaban J connectivity index is -0.000000282. The van der Waals surface area contributed by atoms with Gasteiger partial charge in [0.25, 0.3) is 10.1 Å². The Kier molecular flexibility index (Phi) is 77.0. The molecular formula is C81H112F8NO45P3S. The van der Waals surface area contributed by atoms with Gasteiger partial charge in [0.05, 0.1) is 88.7 Å². The number of morpholine rings is 1. The van der Waals surface area contributed by atoms with Gasteiger partial charge in [0.15, 0.2) is 6.61 Å². The maximum atomic E-state index is 12.7. The van der Waals surface area contributed by atoms with Crippen LogP contribution in [0.25, 0.3) is 0 Å². The van der Waals surface area contributed by atoms with Crippen LogP contribution in [0, 0.1) is 0 Å². The average Bonchev–Trinajstić information content (AvgIpc) is 0.760. The largest absolute Gasteiger partial charge is 0.494 e. The molecule has 11 N–H and O–H groups in total. The highest BCUT2D eigenvalue weighted by molar-refractivity contribution is 7.88. The highest BCUT2D eigenvalue weighted by atomic mass is 32.2. The number of benzene rings is 2. The molecule has 1 fully saturated rings. The van der Waals surface area contributed by atoms with Crippen LogP contribution >= 0.6 is 23.5 Å². The van der Waals surface area contributed by atoms with Gasteiger partial charge in [-0.25, -0.2) is 70.4 Å². The molecule has 1 atom stereocenters. The number of rotatable bonds is 50. The zero-order valence-corrected chi connectivity index (χ0v) is 79.2. The number of phosphoric ester groups is 3. The molecule has 1 unspecified atom stereocenters. The summed E-state index contributed by atoms with van der Waals surface area (Å²) in [5.41, 5.74) is 1.76. The van der Waals surface area contributed by atoms with E-state index in [0.717, 1.165) is 25.0 Å². The number of carbonyl (C=O) groups excluding carboxylic acids is 10. The molecule has 0 radical (unpaired) electrons. The van der Waals surface area contributed by atoms with Crippen molar-refractivity contribution >= 4 is 117 Å². The zero-order valence-electron chi connectivity index (χ0n) is 75.7. The fraction of sp³-hybridized carbons (Fsp3) is 0.432. The molecule has 1 aliphatic heterocycles. The predicted molar refractivity (Wildman–Crippen MR) is 467 cm³/mol. The van der Waals surface area contributed by atoms with Crippen LogP contribution in [0.5, 0.6) is 11.5 Å². The summed E-state index contributed by atoms with van der Waals surface area (Å²) in [6.45, 7) is 41.3. The highest BCUT2D eigenvalue weighted by Crippen LogP contribution is 2.49. The molecule has 1 aliphatic rings. The first kappa shape index (κ1) is 140. The monoisotopic (exact) mass is 2100 g/mol. The van der Waals surface area contributed by atoms with Crippen molar-refractivity contribution in [3.63, 3.8) is 0 Å². The first-order valence-corrected chi connectivity index (χ1v) is 44.7. The van der Waals surface area contributed by atoms with Crippen molar-refractivity contribution in [1.82, 2.24) is 4.90 Å². The summed E-state index contributed by atoms with van der Waals surface area (Å²) in [6.07, 6.45) is 0.141. The molecule has 58 heteroatoms. The average molecular weight is 2100 g/mol. The van der Waals surface area contributed by atoms with E-state index in [9.17, 15) is 124 Å². The van der Waals surface area contributed by atoms with Gasteiger partial charge in [0.1, 0.15) is 57.2 Å². The number of carbonyl (C=O) groups is 14. The van der Waals surface area contributed by atoms with Crippen molar-refractivity contribution in [2.24, 2.45) is 0 Å². The first-order chi connectivity index (χ1) is 63.9. The third kappa shape index (κ3) is 84.7. The standard InChI is InChI=1S/C15H18O5.C14H16O5.C10H14O6.C8H6F8O2.C7H11NO2.C7H13O6P.2C6H11O6P.C6H8O4.C2H4O3S/c1-11(2)15(18)20-10-4-3-9-19-13-7-5-12(6-8-13)14(16)17;1-2-13(15)19-10-4-3-9-18-12-7-5-11(6-8-12)14(16)17;1-7(2)10(14)16-6-5-15-9(13)4-3-8(11)12;1-2-4(17)18-3-6(11,12)8(15,16)7(13,14)5(9)10;1-2-7(9)8-3-5-10-6-4-8;1-5(2)7(8)12-4-6(3)13-14(9,10)11;2*1-5(2)6(7)11-3-4-12-13(8,9)10;1-2-6(9)10-4-3-5(7)8;1-2-6(3,4)5/h5-8H,1,3-4,9-10H2,2H3,(H,16,17);2,5-8H,1,3-4,9-10H2,(H,16,17);1,3-6H2,2H3,(H,11,12);2,5H,1,3H2;2H,1,3-6H2;6H,1,4H2,2-3H3,(H2,9,10,11);2*1,3-4H2,2H3,(H2,8,9,10);2H,1,3-4H2,(H,7,8);2H,1H2,(H,3,4,5). The second kappa shape index (κ2) is 76.6. The number of nitrogens with zero attached hydrogens (tertiary/aromatic N) is 1. The number of carboxylic acids is 4. The van der Waals surface area contributed by atoms with Crippen molar-refractivity contribution in [1.29, 1.82) is 0 Å². The van der Waals surface area contributed by atoms with Crippen LogP contribution in [-0.2, 0) is 142 Å². The summed E-state index contributed by atoms with van der Waals surface area (Å²) in [7, 11) is -17.3. The first-order valence-electron chi connectivity index (χ1n) is 38.6. The number of aliphatic carboxylic acids is 2. The summed E-state index contributed by atoms with van der Waals surface area (Å²) in [5, 5.41) is 34.3. The second-order valence-corrected chi connectivity index (χ2v) is 30.7. The quantitative estimate of drug-likeness (QED) is 0.00558. The molecule has 3 rings (SSSR count). The summed E-state index contributed by atoms with van der Waals surface area (Å²) < 4.78 is 224. The molecule has 1 saturated heterocycles. The molecule has 0 bridgehead atoms. The lowest BCUT2D eigenvalue weighted by Crippen LogP contribution is -2.59. The number of ether oxygens (including phenoxy) is 12. The van der Waals surface area contributed by atoms with Crippen LogP contribution in [0.15, 0.2) is 172 Å². The summed E-state index contributed by atoms with van der Waals surface area (Å²) in [4.78, 5) is 200. The Morgan fingerprint density at radius 2 is 0.763 bits per heavy atom. The van der Waals surface area contributed by atoms with Crippen molar-refractivity contribution in [2.45, 2.75) is 117 Å².